The van der Waals surface area contributed by atoms with Crippen molar-refractivity contribution >= 4 is 40.0 Å². The first kappa shape index (κ1) is 26.1. The number of nitrogens with zero attached hydrogens (tertiary/aromatic N) is 3. The van der Waals surface area contributed by atoms with Gasteiger partial charge in [0, 0.05) is 42.1 Å². The normalized spacial score (nSPS) is 14.4. The number of aromatic amines is 1. The van der Waals surface area contributed by atoms with E-state index in [1.807, 2.05) is 13.1 Å². The van der Waals surface area contributed by atoms with Crippen molar-refractivity contribution in [1.82, 2.24) is 15.0 Å². The Labute approximate surface area is 220 Å². The average Bonchev–Trinajstić information content (AvgIpc) is 3.30. The van der Waals surface area contributed by atoms with Crippen molar-refractivity contribution in [3.05, 3.63) is 77.5 Å². The van der Waals surface area contributed by atoms with E-state index in [0.717, 1.165) is 28.5 Å². The number of carbonyl (C=O) groups is 2. The minimum atomic E-state index is -4.90. The lowest BCUT2D eigenvalue weighted by atomic mass is 9.95. The van der Waals surface area contributed by atoms with Gasteiger partial charge in [-0.25, -0.2) is 14.4 Å². The summed E-state index contributed by atoms with van der Waals surface area (Å²) in [5.74, 6) is -1.73. The first-order valence-corrected chi connectivity index (χ1v) is 12.2. The van der Waals surface area contributed by atoms with E-state index in [2.05, 4.69) is 30.5 Å². The molecule has 8 nitrogen and oxygen atoms in total. The van der Waals surface area contributed by atoms with Crippen molar-refractivity contribution in [2.24, 2.45) is 5.92 Å². The van der Waals surface area contributed by atoms with E-state index >= 15 is 0 Å². The second-order valence-corrected chi connectivity index (χ2v) is 9.37. The van der Waals surface area contributed by atoms with E-state index in [1.165, 1.54) is 18.5 Å². The molecule has 39 heavy (non-hydrogen) atoms. The molecule has 202 valence electrons. The minimum Gasteiger partial charge on any atom is -0.356 e. The molecule has 0 bridgehead atoms. The Kier molecular flexibility index (Phi) is 6.94. The summed E-state index contributed by atoms with van der Waals surface area (Å²) in [6.45, 7) is 3.25. The van der Waals surface area contributed by atoms with Gasteiger partial charge in [0.15, 0.2) is 0 Å². The lowest BCUT2D eigenvalue weighted by Crippen LogP contribution is -2.38. The van der Waals surface area contributed by atoms with Crippen molar-refractivity contribution in [2.45, 2.75) is 25.9 Å². The van der Waals surface area contributed by atoms with Crippen molar-refractivity contribution < 1.29 is 27.2 Å². The topological polar surface area (TPSA) is 103 Å². The molecule has 1 fully saturated rings. The largest absolute Gasteiger partial charge is 0.419 e. The Morgan fingerprint density at radius 1 is 1.03 bits per heavy atom. The number of nitrogens with one attached hydrogen (secondary N) is 3. The van der Waals surface area contributed by atoms with Crippen molar-refractivity contribution in [2.75, 3.05) is 28.6 Å². The number of halogens is 4. The van der Waals surface area contributed by atoms with E-state index in [9.17, 15) is 27.2 Å². The molecule has 12 heteroatoms. The van der Waals surface area contributed by atoms with Gasteiger partial charge in [0.1, 0.15) is 23.6 Å². The number of anilines is 3. The molecule has 2 aromatic heterocycles. The number of carbonyl (C=O) groups excluding carboxylic acids is 2. The summed E-state index contributed by atoms with van der Waals surface area (Å²) in [6, 6.07) is 8.30. The summed E-state index contributed by atoms with van der Waals surface area (Å²) >= 11 is 0. The standard InChI is InChI=1S/C27H24F4N6O2/c1-15-13-32-23-22(15)24(34-14-33-23)37-9-7-16(8-10-37)25(38)35-18-4-2-3-17(11-18)26(39)36-19-5-6-21(28)20(12-19)27(29,30)31/h2-6,11-14,16H,7-10H2,1H3,(H,35,38)(H,36,39)(H,32,33,34). The molecule has 0 radical (unpaired) electrons. The molecular formula is C27H24F4N6O2. The van der Waals surface area contributed by atoms with Gasteiger partial charge in [-0.05, 0) is 61.7 Å². The third kappa shape index (κ3) is 5.54. The highest BCUT2D eigenvalue weighted by atomic mass is 19.4. The molecule has 1 aliphatic heterocycles. The van der Waals surface area contributed by atoms with Gasteiger partial charge in [-0.3, -0.25) is 9.59 Å². The van der Waals surface area contributed by atoms with E-state index in [-0.39, 0.29) is 23.1 Å². The summed E-state index contributed by atoms with van der Waals surface area (Å²) in [6.07, 6.45) is -0.287. The average molecular weight is 541 g/mol. The van der Waals surface area contributed by atoms with E-state index in [4.69, 9.17) is 0 Å². The molecule has 2 aromatic carbocycles. The lowest BCUT2D eigenvalue weighted by Gasteiger charge is -2.32. The number of benzene rings is 2. The summed E-state index contributed by atoms with van der Waals surface area (Å²) in [5, 5.41) is 6.13. The zero-order valence-corrected chi connectivity index (χ0v) is 20.8. The quantitative estimate of drug-likeness (QED) is 0.289. The highest BCUT2D eigenvalue weighted by Gasteiger charge is 2.34. The molecule has 1 saturated heterocycles. The minimum absolute atomic E-state index is 0.121. The number of hydrogen-bond donors (Lipinski definition) is 3. The fourth-order valence-corrected chi connectivity index (χ4v) is 4.70. The van der Waals surface area contributed by atoms with Gasteiger partial charge in [0.25, 0.3) is 5.91 Å². The number of amides is 2. The molecule has 1 aliphatic rings. The maximum absolute atomic E-state index is 13.5. The van der Waals surface area contributed by atoms with Crippen LogP contribution in [0.25, 0.3) is 11.0 Å². The van der Waals surface area contributed by atoms with E-state index in [0.29, 0.717) is 43.8 Å². The van der Waals surface area contributed by atoms with Crippen LogP contribution in [0.2, 0.25) is 0 Å². The Hall–Kier alpha value is -4.48. The maximum Gasteiger partial charge on any atom is 0.419 e. The van der Waals surface area contributed by atoms with Gasteiger partial charge in [0.2, 0.25) is 5.91 Å². The van der Waals surface area contributed by atoms with Crippen molar-refractivity contribution in [3.8, 4) is 0 Å². The van der Waals surface area contributed by atoms with Gasteiger partial charge >= 0.3 is 6.18 Å². The third-order valence-corrected chi connectivity index (χ3v) is 6.73. The summed E-state index contributed by atoms with van der Waals surface area (Å²) in [4.78, 5) is 39.6. The molecule has 2 amide bonds. The molecule has 0 spiro atoms. The number of H-pyrrole nitrogens is 1. The number of alkyl halides is 3. The molecule has 0 atom stereocenters. The molecule has 5 rings (SSSR count). The number of aryl methyl sites for hydroxylation is 1. The monoisotopic (exact) mass is 540 g/mol. The Bertz CT molecular complexity index is 1540. The molecule has 4 aromatic rings. The molecule has 3 heterocycles. The summed E-state index contributed by atoms with van der Waals surface area (Å²) < 4.78 is 52.5. The number of fused-ring (bicyclic) bond motifs is 1. The second-order valence-electron chi connectivity index (χ2n) is 9.37. The van der Waals surface area contributed by atoms with Gasteiger partial charge in [-0.1, -0.05) is 6.07 Å². The van der Waals surface area contributed by atoms with Gasteiger partial charge in [0.05, 0.1) is 10.9 Å². The first-order valence-electron chi connectivity index (χ1n) is 12.2. The van der Waals surface area contributed by atoms with Gasteiger partial charge in [-0.15, -0.1) is 0 Å². The smallest absolute Gasteiger partial charge is 0.356 e. The fraction of sp³-hybridized carbons (Fsp3) is 0.259. The SMILES string of the molecule is Cc1c[nH]c2ncnc(N3CCC(C(=O)Nc4cccc(C(=O)Nc5ccc(F)c(C(F)(F)F)c5)c4)CC3)c12. The number of hydrogen-bond acceptors (Lipinski definition) is 5. The maximum atomic E-state index is 13.5. The highest BCUT2D eigenvalue weighted by Crippen LogP contribution is 2.33. The van der Waals surface area contributed by atoms with Gasteiger partial charge in [-0.2, -0.15) is 13.2 Å². The van der Waals surface area contributed by atoms with Crippen LogP contribution in [0.3, 0.4) is 0 Å². The highest BCUT2D eigenvalue weighted by molar-refractivity contribution is 6.05. The van der Waals surface area contributed by atoms with Crippen LogP contribution in [0.1, 0.15) is 34.3 Å². The molecule has 0 saturated carbocycles. The molecular weight excluding hydrogens is 516 g/mol. The van der Waals surface area contributed by atoms with E-state index < -0.39 is 23.5 Å². The predicted octanol–water partition coefficient (Wildman–Crippen LogP) is 5.53. The van der Waals surface area contributed by atoms with Gasteiger partial charge < -0.3 is 20.5 Å². The van der Waals surface area contributed by atoms with Crippen LogP contribution in [0, 0.1) is 18.7 Å². The third-order valence-electron chi connectivity index (χ3n) is 6.73. The van der Waals surface area contributed by atoms with Crippen molar-refractivity contribution in [3.63, 3.8) is 0 Å². The number of piperidine rings is 1. The Morgan fingerprint density at radius 2 is 1.77 bits per heavy atom. The van der Waals surface area contributed by atoms with Crippen LogP contribution < -0.4 is 15.5 Å². The summed E-state index contributed by atoms with van der Waals surface area (Å²) in [7, 11) is 0. The van der Waals surface area contributed by atoms with Crippen LogP contribution in [0.4, 0.5) is 34.8 Å². The second kappa shape index (κ2) is 10.4. The predicted molar refractivity (Wildman–Crippen MR) is 138 cm³/mol. The van der Waals surface area contributed by atoms with E-state index in [1.54, 1.807) is 12.1 Å². The zero-order chi connectivity index (χ0) is 27.7. The van der Waals surface area contributed by atoms with Crippen molar-refractivity contribution in [1.29, 1.82) is 0 Å². The first-order chi connectivity index (χ1) is 18.6. The Morgan fingerprint density at radius 3 is 2.51 bits per heavy atom. The summed E-state index contributed by atoms with van der Waals surface area (Å²) in [5.41, 5.74) is 0.636. The van der Waals surface area contributed by atoms with Crippen LogP contribution in [0.5, 0.6) is 0 Å². The van der Waals surface area contributed by atoms with Crippen LogP contribution >= 0.6 is 0 Å². The number of rotatable bonds is 5. The van der Waals surface area contributed by atoms with Crippen LogP contribution in [-0.4, -0.2) is 39.9 Å². The molecule has 3 N–H and O–H groups in total. The molecule has 0 unspecified atom stereocenters. The number of aromatic nitrogens is 3. The lowest BCUT2D eigenvalue weighted by molar-refractivity contribution is -0.140. The zero-order valence-electron chi connectivity index (χ0n) is 20.8. The Balaban J connectivity index is 1.21. The fourth-order valence-electron chi connectivity index (χ4n) is 4.70. The molecule has 0 aliphatic carbocycles. The van der Waals surface area contributed by atoms with Crippen LogP contribution in [0.15, 0.2) is 55.0 Å². The van der Waals surface area contributed by atoms with Crippen LogP contribution in [-0.2, 0) is 11.0 Å².